The molecule has 14 nitrogen and oxygen atoms in total. The van der Waals surface area contributed by atoms with Gasteiger partial charge in [0, 0.05) is 47.9 Å². The number of aromatic hydroxyl groups is 1. The third-order valence-electron chi connectivity index (χ3n) is 8.44. The van der Waals surface area contributed by atoms with Crippen LogP contribution in [-0.2, 0) is 16.0 Å². The van der Waals surface area contributed by atoms with E-state index in [9.17, 15) is 19.5 Å². The number of amidine groups is 2. The van der Waals surface area contributed by atoms with Crippen molar-refractivity contribution >= 4 is 46.8 Å². The average Bonchev–Trinajstić information content (AvgIpc) is 3.37. The number of nitrogens with one attached hydrogen (secondary N) is 4. The summed E-state index contributed by atoms with van der Waals surface area (Å²) in [6, 6.07) is 29.0. The minimum atomic E-state index is -1.00. The lowest BCUT2D eigenvalue weighted by molar-refractivity contribution is 0.0512. The van der Waals surface area contributed by atoms with Gasteiger partial charge in [-0.2, -0.15) is 9.98 Å². The zero-order valence-electron chi connectivity index (χ0n) is 30.5. The molecule has 1 atom stereocenters. The van der Waals surface area contributed by atoms with Crippen LogP contribution in [0, 0.1) is 5.92 Å². The van der Waals surface area contributed by atoms with Crippen molar-refractivity contribution in [1.29, 1.82) is 0 Å². The Morgan fingerprint density at radius 2 is 1.35 bits per heavy atom. The molecule has 286 valence electrons. The Morgan fingerprint density at radius 1 is 0.727 bits per heavy atom. The maximum Gasteiger partial charge on any atom is 0.335 e. The highest BCUT2D eigenvalue weighted by Crippen LogP contribution is 2.21. The maximum atomic E-state index is 12.8. The number of aliphatic imine (C=N–C) groups is 3. The van der Waals surface area contributed by atoms with E-state index in [1.807, 2.05) is 18.2 Å². The van der Waals surface area contributed by atoms with Crippen LogP contribution < -0.4 is 21.3 Å². The molecule has 6 N–H and O–H groups in total. The number of guanidine groups is 1. The van der Waals surface area contributed by atoms with Gasteiger partial charge in [-0.15, -0.1) is 0 Å². The molecule has 0 saturated carbocycles. The lowest BCUT2D eigenvalue weighted by Gasteiger charge is -2.18. The van der Waals surface area contributed by atoms with Gasteiger partial charge in [0.2, 0.25) is 5.96 Å². The van der Waals surface area contributed by atoms with Gasteiger partial charge in [-0.25, -0.2) is 4.79 Å². The molecule has 4 aromatic carbocycles. The molecule has 0 saturated heterocycles. The Balaban J connectivity index is 1.13. The number of carbonyl (C=O) groups excluding carboxylic acids is 2. The predicted octanol–water partition coefficient (Wildman–Crippen LogP) is 5.59. The summed E-state index contributed by atoms with van der Waals surface area (Å²) in [6.45, 7) is 4.61. The van der Waals surface area contributed by atoms with E-state index in [0.717, 1.165) is 17.7 Å². The van der Waals surface area contributed by atoms with Crippen LogP contribution in [0.15, 0.2) is 118 Å². The van der Waals surface area contributed by atoms with Gasteiger partial charge in [-0.3, -0.25) is 14.6 Å². The molecular formula is C41H45N7O7. The first kappa shape index (κ1) is 39.8. The first-order valence-electron chi connectivity index (χ1n) is 18.0. The molecule has 0 aromatic heterocycles. The molecule has 0 aliphatic carbocycles. The number of anilines is 2. The van der Waals surface area contributed by atoms with Crippen molar-refractivity contribution in [3.63, 3.8) is 0 Å². The molecule has 2 amide bonds. The van der Waals surface area contributed by atoms with Gasteiger partial charge in [0.05, 0.1) is 38.5 Å². The summed E-state index contributed by atoms with van der Waals surface area (Å²) >= 11 is 0. The van der Waals surface area contributed by atoms with Crippen LogP contribution in [0.5, 0.6) is 5.75 Å². The number of ether oxygens (including phenoxy) is 2. The number of carbonyl (C=O) groups is 3. The van der Waals surface area contributed by atoms with Crippen LogP contribution in [0.3, 0.4) is 0 Å². The second kappa shape index (κ2) is 20.8. The molecule has 14 heteroatoms. The van der Waals surface area contributed by atoms with Crippen molar-refractivity contribution in [3.05, 3.63) is 125 Å². The molecule has 0 bridgehead atoms. The Morgan fingerprint density at radius 3 is 2.04 bits per heavy atom. The van der Waals surface area contributed by atoms with Crippen LogP contribution in [0.4, 0.5) is 11.4 Å². The van der Waals surface area contributed by atoms with Crippen molar-refractivity contribution < 1.29 is 34.1 Å². The molecule has 1 aliphatic heterocycles. The molecular weight excluding hydrogens is 702 g/mol. The monoisotopic (exact) mass is 747 g/mol. The Hall–Kier alpha value is -6.38. The lowest BCUT2D eigenvalue weighted by atomic mass is 10.00. The number of phenolic OH excluding ortho intramolecular Hbond substituents is 1. The normalized spacial score (nSPS) is 14.6. The summed E-state index contributed by atoms with van der Waals surface area (Å²) in [5.74, 6) is 0.285. The van der Waals surface area contributed by atoms with Crippen molar-refractivity contribution in [2.24, 2.45) is 20.9 Å². The average molecular weight is 748 g/mol. The van der Waals surface area contributed by atoms with Gasteiger partial charge in [-0.1, -0.05) is 37.3 Å². The summed E-state index contributed by atoms with van der Waals surface area (Å²) in [5, 5.41) is 31.2. The summed E-state index contributed by atoms with van der Waals surface area (Å²) in [7, 11) is 0. The van der Waals surface area contributed by atoms with E-state index in [2.05, 4.69) is 28.2 Å². The van der Waals surface area contributed by atoms with E-state index in [0.29, 0.717) is 80.4 Å². The van der Waals surface area contributed by atoms with Gasteiger partial charge in [0.25, 0.3) is 11.8 Å². The molecule has 0 radical (unpaired) electrons. The first-order valence-corrected chi connectivity index (χ1v) is 18.0. The Bertz CT molecular complexity index is 1970. The van der Waals surface area contributed by atoms with Crippen LogP contribution in [0.2, 0.25) is 0 Å². The highest BCUT2D eigenvalue weighted by molar-refractivity contribution is 6.14. The highest BCUT2D eigenvalue weighted by Gasteiger charge is 2.22. The van der Waals surface area contributed by atoms with Crippen molar-refractivity contribution in [3.8, 4) is 5.75 Å². The lowest BCUT2D eigenvalue weighted by Crippen LogP contribution is -2.27. The number of phenols is 1. The quantitative estimate of drug-likeness (QED) is 0.0590. The van der Waals surface area contributed by atoms with E-state index in [4.69, 9.17) is 29.6 Å². The van der Waals surface area contributed by atoms with Gasteiger partial charge in [0.15, 0.2) is 0 Å². The number of carboxylic acid groups (broad SMARTS) is 1. The molecule has 0 fully saturated rings. The summed E-state index contributed by atoms with van der Waals surface area (Å²) in [6.07, 6.45) is 1.27. The van der Waals surface area contributed by atoms with Gasteiger partial charge in [0.1, 0.15) is 17.4 Å². The number of aromatic carboxylic acids is 1. The fourth-order valence-corrected chi connectivity index (χ4v) is 5.40. The minimum Gasteiger partial charge on any atom is -0.508 e. The second-order valence-electron chi connectivity index (χ2n) is 12.4. The third kappa shape index (κ3) is 12.9. The molecule has 5 rings (SSSR count). The smallest absolute Gasteiger partial charge is 0.335 e. The fraction of sp³-hybridized carbons (Fsp3) is 0.268. The standard InChI is InChI=1S/C41H45N7O7/c1-2-29-26-36(42-20-22-54-24-25-55-23-21-43-38(50)30-6-4-3-5-7-30)47-41(46-34-16-18-35(49)19-17-34)48-37(29)45-33-14-12-31(13-15-33)39(51)44-27-28-8-10-32(11-9-28)40(52)53/h3-19,29,49H,2,20-27H2,1H3,(H,43,50)(H,44,51)(H,52,53)(H2,42,45,46,47,48). The SMILES string of the molecule is CCC1CC(=NCCOCCOCCNC(=O)c2ccccc2)N=C(Nc2ccc(O)cc2)N=C1Nc1ccc(C(=O)NCc2ccc(C(=O)O)cc2)cc1. The fourth-order valence-electron chi connectivity index (χ4n) is 5.40. The Labute approximate surface area is 319 Å². The van der Waals surface area contributed by atoms with E-state index in [1.165, 1.54) is 12.1 Å². The molecule has 55 heavy (non-hydrogen) atoms. The zero-order chi connectivity index (χ0) is 38.8. The highest BCUT2D eigenvalue weighted by atomic mass is 16.5. The number of carboxylic acids is 1. The maximum absolute atomic E-state index is 12.8. The van der Waals surface area contributed by atoms with Crippen molar-refractivity contribution in [1.82, 2.24) is 10.6 Å². The first-order chi connectivity index (χ1) is 26.8. The Kier molecular flexibility index (Phi) is 15.0. The van der Waals surface area contributed by atoms with Gasteiger partial charge >= 0.3 is 5.97 Å². The molecule has 0 spiro atoms. The number of rotatable bonds is 17. The number of benzene rings is 4. The van der Waals surface area contributed by atoms with Crippen LogP contribution >= 0.6 is 0 Å². The van der Waals surface area contributed by atoms with Gasteiger partial charge < -0.3 is 41.0 Å². The number of hydrogen-bond acceptors (Lipinski definition) is 10. The summed E-state index contributed by atoms with van der Waals surface area (Å²) < 4.78 is 11.3. The van der Waals surface area contributed by atoms with Gasteiger partial charge in [-0.05, 0) is 84.8 Å². The van der Waals surface area contributed by atoms with E-state index >= 15 is 0 Å². The van der Waals surface area contributed by atoms with Crippen molar-refractivity contribution in [2.45, 2.75) is 26.3 Å². The van der Waals surface area contributed by atoms with E-state index < -0.39 is 5.97 Å². The summed E-state index contributed by atoms with van der Waals surface area (Å²) in [4.78, 5) is 50.4. The molecule has 4 aromatic rings. The summed E-state index contributed by atoms with van der Waals surface area (Å²) in [5.41, 5.74) is 3.46. The topological polar surface area (TPSA) is 195 Å². The molecule has 1 heterocycles. The van der Waals surface area contributed by atoms with Crippen LogP contribution in [-0.4, -0.2) is 85.1 Å². The predicted molar refractivity (Wildman–Crippen MR) is 212 cm³/mol. The number of amides is 2. The second-order valence-corrected chi connectivity index (χ2v) is 12.4. The number of hydrogen-bond donors (Lipinski definition) is 6. The third-order valence-corrected chi connectivity index (χ3v) is 8.44. The molecule has 1 aliphatic rings. The van der Waals surface area contributed by atoms with E-state index in [1.54, 1.807) is 72.8 Å². The minimum absolute atomic E-state index is 0.0474. The number of nitrogens with zero attached hydrogens (tertiary/aromatic N) is 3. The molecule has 1 unspecified atom stereocenters. The zero-order valence-corrected chi connectivity index (χ0v) is 30.5. The van der Waals surface area contributed by atoms with Crippen molar-refractivity contribution in [2.75, 3.05) is 50.2 Å². The van der Waals surface area contributed by atoms with Crippen LogP contribution in [0.25, 0.3) is 0 Å². The largest absolute Gasteiger partial charge is 0.508 e. The van der Waals surface area contributed by atoms with Crippen LogP contribution in [0.1, 0.15) is 56.4 Å². The van der Waals surface area contributed by atoms with E-state index in [-0.39, 0.29) is 35.6 Å².